The Kier molecular flexibility index (Phi) is 2.70. The standard InChI is InChI=1S/C11H21N3/c1-10(2,3)8-14-9(7-12-13-14)11(4,5)6/h7H,8H2,1-6H3. The third-order valence-corrected chi connectivity index (χ3v) is 2.01. The van der Waals surface area contributed by atoms with Gasteiger partial charge < -0.3 is 0 Å². The number of hydrogen-bond acceptors (Lipinski definition) is 2. The maximum absolute atomic E-state index is 4.13. The van der Waals surface area contributed by atoms with Crippen LogP contribution in [0.2, 0.25) is 0 Å². The van der Waals surface area contributed by atoms with Crippen LogP contribution in [0.15, 0.2) is 6.20 Å². The fourth-order valence-corrected chi connectivity index (χ4v) is 1.40. The molecule has 3 nitrogen and oxygen atoms in total. The van der Waals surface area contributed by atoms with Gasteiger partial charge in [-0.05, 0) is 5.41 Å². The lowest BCUT2D eigenvalue weighted by molar-refractivity contribution is 0.306. The molecule has 1 heterocycles. The molecule has 0 aliphatic rings. The highest BCUT2D eigenvalue weighted by atomic mass is 15.4. The fourth-order valence-electron chi connectivity index (χ4n) is 1.40. The molecular formula is C11H21N3. The Morgan fingerprint density at radius 2 is 1.71 bits per heavy atom. The van der Waals surface area contributed by atoms with E-state index in [1.165, 1.54) is 5.69 Å². The second-order valence-electron chi connectivity index (χ2n) is 6.09. The van der Waals surface area contributed by atoms with Crippen molar-refractivity contribution in [1.29, 1.82) is 0 Å². The van der Waals surface area contributed by atoms with E-state index in [-0.39, 0.29) is 10.8 Å². The smallest absolute Gasteiger partial charge is 0.0730 e. The second kappa shape index (κ2) is 3.37. The molecule has 1 rings (SSSR count). The van der Waals surface area contributed by atoms with Crippen LogP contribution >= 0.6 is 0 Å². The van der Waals surface area contributed by atoms with E-state index in [0.29, 0.717) is 0 Å². The number of rotatable bonds is 1. The minimum atomic E-state index is 0.120. The minimum absolute atomic E-state index is 0.120. The van der Waals surface area contributed by atoms with E-state index in [0.717, 1.165) is 6.54 Å². The molecule has 3 heteroatoms. The summed E-state index contributed by atoms with van der Waals surface area (Å²) in [4.78, 5) is 0. The molecule has 0 amide bonds. The summed E-state index contributed by atoms with van der Waals surface area (Å²) in [5, 5.41) is 8.12. The first-order chi connectivity index (χ1) is 6.20. The molecule has 0 aliphatic heterocycles. The third-order valence-electron chi connectivity index (χ3n) is 2.01. The van der Waals surface area contributed by atoms with Crippen LogP contribution < -0.4 is 0 Å². The Bertz CT molecular complexity index is 299. The minimum Gasteiger partial charge on any atom is -0.248 e. The van der Waals surface area contributed by atoms with Gasteiger partial charge in [0.05, 0.1) is 11.9 Å². The first-order valence-corrected chi connectivity index (χ1v) is 5.09. The molecule has 0 saturated heterocycles. The predicted octanol–water partition coefficient (Wildman–Crippen LogP) is 2.62. The van der Waals surface area contributed by atoms with Crippen LogP contribution in [-0.4, -0.2) is 15.0 Å². The maximum atomic E-state index is 4.13. The fraction of sp³-hybridized carbons (Fsp3) is 0.818. The van der Waals surface area contributed by atoms with Crippen LogP contribution in [0, 0.1) is 5.41 Å². The molecule has 0 N–H and O–H groups in total. The number of aromatic nitrogens is 3. The molecule has 0 radical (unpaired) electrons. The number of hydrogen-bond donors (Lipinski definition) is 0. The van der Waals surface area contributed by atoms with Gasteiger partial charge in [0.1, 0.15) is 0 Å². The van der Waals surface area contributed by atoms with Gasteiger partial charge in [-0.2, -0.15) is 0 Å². The SMILES string of the molecule is CC(C)(C)Cn1nncc1C(C)(C)C. The molecule has 0 saturated carbocycles. The molecule has 80 valence electrons. The molecular weight excluding hydrogens is 174 g/mol. The Labute approximate surface area is 86.5 Å². The summed E-state index contributed by atoms with van der Waals surface area (Å²) in [5.41, 5.74) is 1.56. The molecule has 1 aromatic heterocycles. The molecule has 1 aromatic rings. The van der Waals surface area contributed by atoms with E-state index in [9.17, 15) is 0 Å². The van der Waals surface area contributed by atoms with E-state index in [1.807, 2.05) is 10.9 Å². The van der Waals surface area contributed by atoms with Gasteiger partial charge >= 0.3 is 0 Å². The molecule has 14 heavy (non-hydrogen) atoms. The van der Waals surface area contributed by atoms with Crippen molar-refractivity contribution >= 4 is 0 Å². The first kappa shape index (κ1) is 11.2. The topological polar surface area (TPSA) is 30.7 Å². The number of nitrogens with zero attached hydrogens (tertiary/aromatic N) is 3. The van der Waals surface area contributed by atoms with Crippen molar-refractivity contribution in [3.63, 3.8) is 0 Å². The summed E-state index contributed by atoms with van der Waals surface area (Å²) in [7, 11) is 0. The highest BCUT2D eigenvalue weighted by Gasteiger charge is 2.22. The normalized spacial score (nSPS) is 13.3. The lowest BCUT2D eigenvalue weighted by atomic mass is 9.91. The van der Waals surface area contributed by atoms with Gasteiger partial charge in [-0.25, -0.2) is 4.68 Å². The van der Waals surface area contributed by atoms with E-state index >= 15 is 0 Å². The highest BCUT2D eigenvalue weighted by Crippen LogP contribution is 2.24. The predicted molar refractivity (Wildman–Crippen MR) is 58.2 cm³/mol. The molecule has 0 unspecified atom stereocenters. The van der Waals surface area contributed by atoms with Crippen LogP contribution in [0.5, 0.6) is 0 Å². The molecule has 0 aromatic carbocycles. The largest absolute Gasteiger partial charge is 0.248 e. The van der Waals surface area contributed by atoms with Gasteiger partial charge in [0.25, 0.3) is 0 Å². The molecule has 0 fully saturated rings. The Morgan fingerprint density at radius 1 is 1.14 bits per heavy atom. The van der Waals surface area contributed by atoms with Crippen LogP contribution in [0.1, 0.15) is 47.2 Å². The average molecular weight is 195 g/mol. The summed E-state index contributed by atoms with van der Waals surface area (Å²) >= 11 is 0. The van der Waals surface area contributed by atoms with Crippen molar-refractivity contribution in [2.75, 3.05) is 0 Å². The van der Waals surface area contributed by atoms with Crippen LogP contribution in [0.4, 0.5) is 0 Å². The van der Waals surface area contributed by atoms with E-state index in [4.69, 9.17) is 0 Å². The second-order valence-corrected chi connectivity index (χ2v) is 6.09. The van der Waals surface area contributed by atoms with E-state index < -0.39 is 0 Å². The summed E-state index contributed by atoms with van der Waals surface area (Å²) in [5.74, 6) is 0. The monoisotopic (exact) mass is 195 g/mol. The van der Waals surface area contributed by atoms with Crippen LogP contribution in [0.25, 0.3) is 0 Å². The van der Waals surface area contributed by atoms with Crippen molar-refractivity contribution in [1.82, 2.24) is 15.0 Å². The summed E-state index contributed by atoms with van der Waals surface area (Å²) < 4.78 is 2.01. The van der Waals surface area contributed by atoms with Gasteiger partial charge in [0.2, 0.25) is 0 Å². The van der Waals surface area contributed by atoms with Gasteiger partial charge in [-0.3, -0.25) is 0 Å². The van der Waals surface area contributed by atoms with Crippen molar-refractivity contribution in [3.8, 4) is 0 Å². The van der Waals surface area contributed by atoms with Crippen molar-refractivity contribution in [3.05, 3.63) is 11.9 Å². The van der Waals surface area contributed by atoms with Gasteiger partial charge in [-0.15, -0.1) is 5.10 Å². The summed E-state index contributed by atoms with van der Waals surface area (Å²) in [6.07, 6.45) is 1.87. The van der Waals surface area contributed by atoms with E-state index in [2.05, 4.69) is 51.9 Å². The molecule has 0 aliphatic carbocycles. The third kappa shape index (κ3) is 2.82. The summed E-state index contributed by atoms with van der Waals surface area (Å²) in [6, 6.07) is 0. The zero-order chi connectivity index (χ0) is 11.0. The summed E-state index contributed by atoms with van der Waals surface area (Å²) in [6.45, 7) is 14.1. The molecule has 0 spiro atoms. The van der Waals surface area contributed by atoms with Gasteiger partial charge in [0.15, 0.2) is 0 Å². The Hall–Kier alpha value is -0.860. The van der Waals surface area contributed by atoms with Crippen LogP contribution in [0.3, 0.4) is 0 Å². The lowest BCUT2D eigenvalue weighted by Crippen LogP contribution is -2.24. The van der Waals surface area contributed by atoms with E-state index in [1.54, 1.807) is 0 Å². The Morgan fingerprint density at radius 3 is 2.14 bits per heavy atom. The van der Waals surface area contributed by atoms with Crippen molar-refractivity contribution < 1.29 is 0 Å². The highest BCUT2D eigenvalue weighted by molar-refractivity contribution is 5.08. The van der Waals surface area contributed by atoms with Crippen molar-refractivity contribution in [2.45, 2.75) is 53.5 Å². The average Bonchev–Trinajstić information content (AvgIpc) is 2.29. The van der Waals surface area contributed by atoms with Crippen molar-refractivity contribution in [2.24, 2.45) is 5.41 Å². The maximum Gasteiger partial charge on any atom is 0.0730 e. The molecule has 0 bridgehead atoms. The zero-order valence-corrected chi connectivity index (χ0v) is 10.1. The quantitative estimate of drug-likeness (QED) is 0.689. The van der Waals surface area contributed by atoms with Gasteiger partial charge in [-0.1, -0.05) is 46.8 Å². The first-order valence-electron chi connectivity index (χ1n) is 5.09. The Balaban J connectivity index is 2.95. The molecule has 0 atom stereocenters. The van der Waals surface area contributed by atoms with Gasteiger partial charge in [0, 0.05) is 12.0 Å². The van der Waals surface area contributed by atoms with Crippen LogP contribution in [-0.2, 0) is 12.0 Å². The zero-order valence-electron chi connectivity index (χ0n) is 10.1. The lowest BCUT2D eigenvalue weighted by Gasteiger charge is -2.24.